The molecule has 6 aliphatic rings. The Morgan fingerprint density at radius 2 is 1.70 bits per heavy atom. The van der Waals surface area contributed by atoms with Gasteiger partial charge in [0.1, 0.15) is 0 Å². The zero-order valence-electron chi connectivity index (χ0n) is 13.0. The SMILES string of the molecule is Cc1ccc(S(=O)(=O)O[C@H]2[C@H]3[C@@H]4CC[C@@H]5[C@@H]3S[C@@H]3[C@@H]5[C@@H]4[C@@H]23)cc1. The van der Waals surface area contributed by atoms with E-state index < -0.39 is 10.1 Å². The second kappa shape index (κ2) is 4.17. The predicted molar refractivity (Wildman–Crippen MR) is 88.6 cm³/mol. The van der Waals surface area contributed by atoms with E-state index in [9.17, 15) is 8.42 Å². The molecule has 3 nitrogen and oxygen atoms in total. The number of benzene rings is 1. The summed E-state index contributed by atoms with van der Waals surface area (Å²) in [6.07, 6.45) is 2.64. The highest BCUT2D eigenvalue weighted by Crippen LogP contribution is 2.80. The van der Waals surface area contributed by atoms with Crippen LogP contribution >= 0.6 is 11.8 Å². The monoisotopic (exact) mass is 348 g/mol. The summed E-state index contributed by atoms with van der Waals surface area (Å²) >= 11 is 2.18. The number of fused-ring (bicyclic) bond motifs is 2. The van der Waals surface area contributed by atoms with Crippen LogP contribution < -0.4 is 0 Å². The summed E-state index contributed by atoms with van der Waals surface area (Å²) in [6.45, 7) is 1.97. The normalized spacial score (nSPS) is 51.3. The van der Waals surface area contributed by atoms with Gasteiger partial charge in [0.25, 0.3) is 10.1 Å². The summed E-state index contributed by atoms with van der Waals surface area (Å²) in [5.74, 6) is 4.25. The molecule has 0 amide bonds. The smallest absolute Gasteiger partial charge is 0.262 e. The highest BCUT2D eigenvalue weighted by atomic mass is 32.2. The van der Waals surface area contributed by atoms with Gasteiger partial charge in [-0.2, -0.15) is 20.2 Å². The number of rotatable bonds is 3. The van der Waals surface area contributed by atoms with Gasteiger partial charge in [-0.05, 0) is 55.6 Å². The summed E-state index contributed by atoms with van der Waals surface area (Å²) in [7, 11) is -3.64. The lowest BCUT2D eigenvalue weighted by Crippen LogP contribution is -2.54. The molecule has 5 saturated carbocycles. The number of hydrogen-bond donors (Lipinski definition) is 0. The van der Waals surface area contributed by atoms with E-state index in [1.165, 1.54) is 12.8 Å². The average Bonchev–Trinajstić information content (AvgIpc) is 2.83. The molecule has 7 rings (SSSR count). The third-order valence-corrected chi connectivity index (χ3v) is 10.6. The maximum absolute atomic E-state index is 12.7. The van der Waals surface area contributed by atoms with Gasteiger partial charge in [-0.15, -0.1) is 0 Å². The number of hydrogen-bond acceptors (Lipinski definition) is 4. The molecule has 23 heavy (non-hydrogen) atoms. The van der Waals surface area contributed by atoms with E-state index in [4.69, 9.17) is 4.18 Å². The molecule has 9 atom stereocenters. The Hall–Kier alpha value is -0.520. The molecule has 0 aromatic heterocycles. The fraction of sp³-hybridized carbons (Fsp3) is 0.667. The summed E-state index contributed by atoms with van der Waals surface area (Å²) in [5, 5.41) is 1.37. The third kappa shape index (κ3) is 1.51. The first-order valence-corrected chi connectivity index (χ1v) is 11.1. The standard InChI is InChI=1S/C18H20O3S2/c1-8-2-4-9(5-3-8)23(19,20)21-16-14-10-6-7-11-13-12(10)15(16)18(13)22-17(11)14/h2-5,10-18H,6-7H2,1H3/t10-,11+,12-,13+,14-,15+,16+,17+,18-/m1/s1. The van der Waals surface area contributed by atoms with Gasteiger partial charge < -0.3 is 0 Å². The van der Waals surface area contributed by atoms with Crippen molar-refractivity contribution in [2.45, 2.75) is 41.3 Å². The molecule has 5 aliphatic carbocycles. The van der Waals surface area contributed by atoms with Crippen LogP contribution in [0.2, 0.25) is 0 Å². The van der Waals surface area contributed by atoms with Gasteiger partial charge in [-0.1, -0.05) is 17.7 Å². The van der Waals surface area contributed by atoms with Gasteiger partial charge in [0.05, 0.1) is 11.0 Å². The van der Waals surface area contributed by atoms with Gasteiger partial charge in [-0.3, -0.25) is 4.18 Å². The highest BCUT2D eigenvalue weighted by molar-refractivity contribution is 8.01. The van der Waals surface area contributed by atoms with Crippen molar-refractivity contribution in [2.24, 2.45) is 35.5 Å². The van der Waals surface area contributed by atoms with Crippen molar-refractivity contribution < 1.29 is 12.6 Å². The molecule has 1 aromatic rings. The first-order chi connectivity index (χ1) is 11.1. The minimum absolute atomic E-state index is 0.0471. The molecular weight excluding hydrogens is 328 g/mol. The zero-order valence-corrected chi connectivity index (χ0v) is 14.6. The molecule has 0 N–H and O–H groups in total. The molecule has 6 bridgehead atoms. The lowest BCUT2D eigenvalue weighted by molar-refractivity contribution is -0.0342. The van der Waals surface area contributed by atoms with Gasteiger partial charge in [0.15, 0.2) is 0 Å². The van der Waals surface area contributed by atoms with E-state index >= 15 is 0 Å². The van der Waals surface area contributed by atoms with Gasteiger partial charge in [0.2, 0.25) is 0 Å². The molecule has 1 aromatic carbocycles. The minimum atomic E-state index is -3.64. The van der Waals surface area contributed by atoms with Gasteiger partial charge in [0, 0.05) is 22.3 Å². The van der Waals surface area contributed by atoms with Crippen molar-refractivity contribution in [3.8, 4) is 0 Å². The van der Waals surface area contributed by atoms with Crippen molar-refractivity contribution in [3.63, 3.8) is 0 Å². The predicted octanol–water partition coefficient (Wildman–Crippen LogP) is 3.08. The van der Waals surface area contributed by atoms with Crippen molar-refractivity contribution in [1.29, 1.82) is 0 Å². The second-order valence-corrected chi connectivity index (χ2v) is 11.0. The van der Waals surface area contributed by atoms with Crippen LogP contribution in [0.4, 0.5) is 0 Å². The Balaban J connectivity index is 1.35. The molecular formula is C18H20O3S2. The van der Waals surface area contributed by atoms with E-state index in [0.29, 0.717) is 27.2 Å². The average molecular weight is 348 g/mol. The molecule has 0 unspecified atom stereocenters. The van der Waals surface area contributed by atoms with Crippen molar-refractivity contribution in [3.05, 3.63) is 29.8 Å². The second-order valence-electron chi connectivity index (χ2n) is 8.11. The Morgan fingerprint density at radius 1 is 0.957 bits per heavy atom. The van der Waals surface area contributed by atoms with E-state index in [0.717, 1.165) is 29.2 Å². The van der Waals surface area contributed by atoms with Crippen LogP contribution in [-0.4, -0.2) is 25.0 Å². The Labute approximate surface area is 141 Å². The van der Waals surface area contributed by atoms with Gasteiger partial charge >= 0.3 is 0 Å². The van der Waals surface area contributed by atoms with Crippen molar-refractivity contribution in [2.75, 3.05) is 0 Å². The molecule has 1 heterocycles. The lowest BCUT2D eigenvalue weighted by atomic mass is 9.50. The summed E-state index contributed by atoms with van der Waals surface area (Å²) in [5.41, 5.74) is 1.07. The quantitative estimate of drug-likeness (QED) is 0.788. The van der Waals surface area contributed by atoms with E-state index in [-0.39, 0.29) is 6.10 Å². The van der Waals surface area contributed by atoms with Crippen LogP contribution in [0.25, 0.3) is 0 Å². The molecule has 1 aliphatic heterocycles. The topological polar surface area (TPSA) is 43.4 Å². The van der Waals surface area contributed by atoms with Gasteiger partial charge in [-0.25, -0.2) is 0 Å². The van der Waals surface area contributed by atoms with Crippen LogP contribution in [0.1, 0.15) is 18.4 Å². The zero-order chi connectivity index (χ0) is 15.5. The minimum Gasteiger partial charge on any atom is -0.262 e. The lowest BCUT2D eigenvalue weighted by Gasteiger charge is -2.53. The number of thioether (sulfide) groups is 1. The molecule has 0 spiro atoms. The van der Waals surface area contributed by atoms with E-state index in [2.05, 4.69) is 11.8 Å². The number of aryl methyl sites for hydroxylation is 1. The first-order valence-electron chi connectivity index (χ1n) is 8.72. The molecule has 122 valence electrons. The molecule has 1 saturated heterocycles. The molecule has 0 radical (unpaired) electrons. The summed E-state index contributed by atoms with van der Waals surface area (Å²) in [6, 6.07) is 7.05. The maximum Gasteiger partial charge on any atom is 0.297 e. The van der Waals surface area contributed by atoms with Crippen LogP contribution in [0.3, 0.4) is 0 Å². The Bertz CT molecular complexity index is 783. The summed E-state index contributed by atoms with van der Waals surface area (Å²) < 4.78 is 31.4. The van der Waals surface area contributed by atoms with Crippen molar-refractivity contribution in [1.82, 2.24) is 0 Å². The highest BCUT2D eigenvalue weighted by Gasteiger charge is 2.79. The third-order valence-electron chi connectivity index (χ3n) is 7.39. The fourth-order valence-corrected chi connectivity index (χ4v) is 10.4. The summed E-state index contributed by atoms with van der Waals surface area (Å²) in [4.78, 5) is 0.312. The maximum atomic E-state index is 12.7. The Morgan fingerprint density at radius 3 is 2.48 bits per heavy atom. The first kappa shape index (κ1) is 13.7. The van der Waals surface area contributed by atoms with E-state index in [1.807, 2.05) is 19.1 Å². The van der Waals surface area contributed by atoms with Crippen LogP contribution in [0, 0.1) is 42.4 Å². The van der Waals surface area contributed by atoms with Crippen LogP contribution in [-0.2, 0) is 14.3 Å². The molecule has 6 fully saturated rings. The van der Waals surface area contributed by atoms with Crippen molar-refractivity contribution >= 4 is 21.9 Å². The largest absolute Gasteiger partial charge is 0.297 e. The fourth-order valence-electron chi connectivity index (χ4n) is 6.72. The Kier molecular flexibility index (Phi) is 2.49. The van der Waals surface area contributed by atoms with E-state index in [1.54, 1.807) is 12.1 Å². The molecule has 5 heteroatoms. The van der Waals surface area contributed by atoms with Crippen LogP contribution in [0.5, 0.6) is 0 Å². The van der Waals surface area contributed by atoms with Crippen LogP contribution in [0.15, 0.2) is 29.2 Å².